The highest BCUT2D eigenvalue weighted by atomic mass is 35.5. The van der Waals surface area contributed by atoms with Crippen LogP contribution in [-0.2, 0) is 6.61 Å². The Morgan fingerprint density at radius 2 is 1.68 bits per heavy atom. The van der Waals surface area contributed by atoms with Crippen molar-refractivity contribution in [3.63, 3.8) is 0 Å². The van der Waals surface area contributed by atoms with E-state index in [4.69, 9.17) is 16.3 Å². The lowest BCUT2D eigenvalue weighted by Gasteiger charge is -2.06. The minimum atomic E-state index is -0.326. The van der Waals surface area contributed by atoms with Crippen molar-refractivity contribution in [2.24, 2.45) is 0 Å². The molecule has 0 aliphatic carbocycles. The van der Waals surface area contributed by atoms with Gasteiger partial charge in [0.2, 0.25) is 0 Å². The summed E-state index contributed by atoms with van der Waals surface area (Å²) in [5, 5.41) is 0.994. The summed E-state index contributed by atoms with van der Waals surface area (Å²) < 4.78 is 20.7. The molecule has 4 heteroatoms. The van der Waals surface area contributed by atoms with E-state index in [1.54, 1.807) is 18.2 Å². The van der Waals surface area contributed by atoms with Crippen LogP contribution in [-0.4, -0.2) is 4.98 Å². The molecule has 1 aromatic heterocycles. The highest BCUT2D eigenvalue weighted by Gasteiger charge is 2.15. The van der Waals surface area contributed by atoms with Crippen LogP contribution in [0.25, 0.3) is 22.2 Å². The number of nitrogens with one attached hydrogen (secondary N) is 1. The van der Waals surface area contributed by atoms with Crippen molar-refractivity contribution < 1.29 is 9.13 Å². The van der Waals surface area contributed by atoms with Gasteiger partial charge in [0.15, 0.2) is 5.82 Å². The normalized spacial score (nSPS) is 11.0. The zero-order valence-electron chi connectivity index (χ0n) is 13.3. The quantitative estimate of drug-likeness (QED) is 0.464. The summed E-state index contributed by atoms with van der Waals surface area (Å²) in [7, 11) is 0. The maximum atomic E-state index is 14.9. The minimum absolute atomic E-state index is 0.326. The molecule has 0 saturated carbocycles. The van der Waals surface area contributed by atoms with Gasteiger partial charge in [0.25, 0.3) is 0 Å². The lowest BCUT2D eigenvalue weighted by Crippen LogP contribution is -1.94. The Bertz CT molecular complexity index is 1030. The molecule has 0 unspecified atom stereocenters. The number of fused-ring (bicyclic) bond motifs is 1. The van der Waals surface area contributed by atoms with Gasteiger partial charge < -0.3 is 9.72 Å². The van der Waals surface area contributed by atoms with Gasteiger partial charge in [0.05, 0.1) is 5.69 Å². The van der Waals surface area contributed by atoms with Crippen LogP contribution < -0.4 is 4.74 Å². The number of ether oxygens (including phenoxy) is 1. The molecular weight excluding hydrogens is 337 g/mol. The van der Waals surface area contributed by atoms with Crippen LogP contribution in [0, 0.1) is 5.82 Å². The second-order valence-electron chi connectivity index (χ2n) is 5.78. The van der Waals surface area contributed by atoms with Crippen LogP contribution in [0.15, 0.2) is 72.8 Å². The third kappa shape index (κ3) is 3.11. The maximum Gasteiger partial charge on any atom is 0.156 e. The molecule has 124 valence electrons. The largest absolute Gasteiger partial charge is 0.489 e. The Morgan fingerprint density at radius 3 is 2.48 bits per heavy atom. The van der Waals surface area contributed by atoms with E-state index in [1.807, 2.05) is 54.6 Å². The van der Waals surface area contributed by atoms with E-state index in [1.165, 1.54) is 0 Å². The van der Waals surface area contributed by atoms with Crippen LogP contribution in [0.5, 0.6) is 5.75 Å². The van der Waals surface area contributed by atoms with E-state index in [0.717, 1.165) is 5.56 Å². The summed E-state index contributed by atoms with van der Waals surface area (Å²) in [5.74, 6) is 0.299. The van der Waals surface area contributed by atoms with Crippen LogP contribution >= 0.6 is 11.6 Å². The van der Waals surface area contributed by atoms with E-state index >= 15 is 0 Å². The molecule has 0 saturated heterocycles. The predicted molar refractivity (Wildman–Crippen MR) is 99.5 cm³/mol. The summed E-state index contributed by atoms with van der Waals surface area (Å²) in [6.45, 7) is 0.440. The maximum absolute atomic E-state index is 14.9. The molecule has 0 bridgehead atoms. The fraction of sp³-hybridized carbons (Fsp3) is 0.0476. The molecule has 0 aliphatic rings. The Hall–Kier alpha value is -2.78. The number of H-pyrrole nitrogens is 1. The van der Waals surface area contributed by atoms with Gasteiger partial charge >= 0.3 is 0 Å². The second-order valence-corrected chi connectivity index (χ2v) is 6.18. The first-order valence-electron chi connectivity index (χ1n) is 7.95. The topological polar surface area (TPSA) is 25.0 Å². The molecule has 1 heterocycles. The van der Waals surface area contributed by atoms with Crippen molar-refractivity contribution >= 4 is 22.5 Å². The molecule has 0 spiro atoms. The van der Waals surface area contributed by atoms with Crippen molar-refractivity contribution in [2.75, 3.05) is 0 Å². The zero-order chi connectivity index (χ0) is 17.2. The summed E-state index contributed by atoms with van der Waals surface area (Å²) in [5.41, 5.74) is 2.80. The third-order valence-corrected chi connectivity index (χ3v) is 4.43. The molecule has 25 heavy (non-hydrogen) atoms. The smallest absolute Gasteiger partial charge is 0.156 e. The van der Waals surface area contributed by atoms with Gasteiger partial charge in [0, 0.05) is 21.5 Å². The number of benzene rings is 3. The number of hydrogen-bond donors (Lipinski definition) is 1. The zero-order valence-corrected chi connectivity index (χ0v) is 14.1. The van der Waals surface area contributed by atoms with E-state index in [-0.39, 0.29) is 5.82 Å². The summed E-state index contributed by atoms with van der Waals surface area (Å²) >= 11 is 6.20. The van der Waals surface area contributed by atoms with Crippen molar-refractivity contribution in [3.05, 3.63) is 89.2 Å². The molecule has 0 radical (unpaired) electrons. The van der Waals surface area contributed by atoms with Gasteiger partial charge in [-0.1, -0.05) is 60.1 Å². The summed E-state index contributed by atoms with van der Waals surface area (Å²) in [6.07, 6.45) is 0. The fourth-order valence-corrected chi connectivity index (χ4v) is 3.05. The Balaban J connectivity index is 1.67. The molecule has 4 aromatic rings. The van der Waals surface area contributed by atoms with Crippen molar-refractivity contribution in [1.82, 2.24) is 4.98 Å². The van der Waals surface area contributed by atoms with Gasteiger partial charge in [-0.25, -0.2) is 4.39 Å². The molecule has 0 aliphatic heterocycles. The van der Waals surface area contributed by atoms with Gasteiger partial charge in [-0.3, -0.25) is 0 Å². The van der Waals surface area contributed by atoms with Gasteiger partial charge in [-0.15, -0.1) is 0 Å². The van der Waals surface area contributed by atoms with Crippen molar-refractivity contribution in [1.29, 1.82) is 0 Å². The number of rotatable bonds is 4. The molecule has 3 aromatic carbocycles. The second kappa shape index (κ2) is 6.61. The minimum Gasteiger partial charge on any atom is -0.489 e. The van der Waals surface area contributed by atoms with E-state index in [9.17, 15) is 4.39 Å². The van der Waals surface area contributed by atoms with Gasteiger partial charge in [-0.05, 0) is 29.8 Å². The van der Waals surface area contributed by atoms with E-state index < -0.39 is 0 Å². The summed E-state index contributed by atoms with van der Waals surface area (Å²) in [6, 6.07) is 22.4. The van der Waals surface area contributed by atoms with Gasteiger partial charge in [-0.2, -0.15) is 0 Å². The monoisotopic (exact) mass is 351 g/mol. The average molecular weight is 352 g/mol. The standard InChI is InChI=1S/C21H15ClFNO/c22-18-9-5-4-8-16(18)21-20(23)17-12-15(10-11-19(17)24-21)25-13-14-6-2-1-3-7-14/h1-12,24H,13H2. The Kier molecular flexibility index (Phi) is 4.16. The van der Waals surface area contributed by atoms with Crippen LogP contribution in [0.2, 0.25) is 5.02 Å². The number of halogens is 2. The van der Waals surface area contributed by atoms with Crippen LogP contribution in [0.1, 0.15) is 5.56 Å². The third-order valence-electron chi connectivity index (χ3n) is 4.10. The van der Waals surface area contributed by atoms with E-state index in [0.29, 0.717) is 39.5 Å². The molecule has 0 amide bonds. The predicted octanol–water partition coefficient (Wildman–Crippen LogP) is 6.21. The van der Waals surface area contributed by atoms with Crippen LogP contribution in [0.3, 0.4) is 0 Å². The first kappa shape index (κ1) is 15.7. The highest BCUT2D eigenvalue weighted by molar-refractivity contribution is 6.33. The number of hydrogen-bond acceptors (Lipinski definition) is 1. The highest BCUT2D eigenvalue weighted by Crippen LogP contribution is 2.34. The molecule has 0 atom stereocenters. The van der Waals surface area contributed by atoms with Gasteiger partial charge in [0.1, 0.15) is 12.4 Å². The first-order chi connectivity index (χ1) is 12.2. The molecular formula is C21H15ClFNO. The Morgan fingerprint density at radius 1 is 0.920 bits per heavy atom. The number of aromatic nitrogens is 1. The fourth-order valence-electron chi connectivity index (χ4n) is 2.82. The molecule has 1 N–H and O–H groups in total. The molecule has 2 nitrogen and oxygen atoms in total. The lowest BCUT2D eigenvalue weighted by atomic mass is 10.1. The van der Waals surface area contributed by atoms with Crippen molar-refractivity contribution in [2.45, 2.75) is 6.61 Å². The SMILES string of the molecule is Fc1c(-c2ccccc2Cl)[nH]c2ccc(OCc3ccccc3)cc12. The number of aromatic amines is 1. The summed E-state index contributed by atoms with van der Waals surface area (Å²) in [4.78, 5) is 3.11. The molecule has 4 rings (SSSR count). The van der Waals surface area contributed by atoms with Crippen LogP contribution in [0.4, 0.5) is 4.39 Å². The lowest BCUT2D eigenvalue weighted by molar-refractivity contribution is 0.306. The Labute approximate surface area is 149 Å². The average Bonchev–Trinajstić information content (AvgIpc) is 2.97. The van der Waals surface area contributed by atoms with E-state index in [2.05, 4.69) is 4.98 Å². The van der Waals surface area contributed by atoms with Crippen molar-refractivity contribution in [3.8, 4) is 17.0 Å². The molecule has 0 fully saturated rings. The first-order valence-corrected chi connectivity index (χ1v) is 8.33.